The van der Waals surface area contributed by atoms with Crippen molar-refractivity contribution in [1.29, 1.82) is 0 Å². The molecule has 0 aliphatic carbocycles. The van der Waals surface area contributed by atoms with Crippen LogP contribution in [0, 0.1) is 6.92 Å². The lowest BCUT2D eigenvalue weighted by Crippen LogP contribution is -2.16. The molecule has 0 saturated heterocycles. The van der Waals surface area contributed by atoms with E-state index in [1.807, 2.05) is 25.1 Å². The first-order valence-electron chi connectivity index (χ1n) is 7.13. The van der Waals surface area contributed by atoms with Gasteiger partial charge in [-0.05, 0) is 31.2 Å². The van der Waals surface area contributed by atoms with Crippen molar-refractivity contribution >= 4 is 35.1 Å². The summed E-state index contributed by atoms with van der Waals surface area (Å²) in [4.78, 5) is 16.4. The van der Waals surface area contributed by atoms with Crippen molar-refractivity contribution in [3.05, 3.63) is 41.0 Å². The Labute approximate surface area is 147 Å². The fourth-order valence-corrected chi connectivity index (χ4v) is 2.81. The van der Waals surface area contributed by atoms with Crippen molar-refractivity contribution in [2.45, 2.75) is 12.1 Å². The van der Waals surface area contributed by atoms with Crippen LogP contribution in [-0.2, 0) is 11.8 Å². The first-order chi connectivity index (χ1) is 11.5. The number of carbonyl (C=O) groups excluding carboxylic acids is 1. The third-order valence-electron chi connectivity index (χ3n) is 3.18. The predicted molar refractivity (Wildman–Crippen MR) is 94.1 cm³/mol. The number of aryl methyl sites for hydroxylation is 2. The van der Waals surface area contributed by atoms with Crippen LogP contribution in [0.4, 0.5) is 5.82 Å². The van der Waals surface area contributed by atoms with Crippen molar-refractivity contribution in [1.82, 2.24) is 25.0 Å². The van der Waals surface area contributed by atoms with Gasteiger partial charge in [-0.2, -0.15) is 5.10 Å². The van der Waals surface area contributed by atoms with Crippen LogP contribution in [0.1, 0.15) is 5.69 Å². The van der Waals surface area contributed by atoms with Crippen molar-refractivity contribution in [3.8, 4) is 11.4 Å². The molecule has 0 aliphatic rings. The van der Waals surface area contributed by atoms with E-state index in [0.717, 1.165) is 11.3 Å². The molecule has 0 aliphatic heterocycles. The van der Waals surface area contributed by atoms with E-state index in [0.29, 0.717) is 21.8 Å². The van der Waals surface area contributed by atoms with Gasteiger partial charge in [-0.1, -0.05) is 23.4 Å². The van der Waals surface area contributed by atoms with Gasteiger partial charge in [0.15, 0.2) is 5.82 Å². The number of rotatable bonds is 5. The number of carbonyl (C=O) groups is 1. The number of aromatic nitrogens is 5. The van der Waals surface area contributed by atoms with E-state index in [4.69, 9.17) is 11.6 Å². The van der Waals surface area contributed by atoms with Gasteiger partial charge in [-0.3, -0.25) is 14.6 Å². The van der Waals surface area contributed by atoms with Crippen molar-refractivity contribution in [3.63, 3.8) is 0 Å². The monoisotopic (exact) mass is 362 g/mol. The zero-order valence-corrected chi connectivity index (χ0v) is 14.6. The smallest absolute Gasteiger partial charge is 0.235 e. The minimum absolute atomic E-state index is 0.138. The summed E-state index contributed by atoms with van der Waals surface area (Å²) in [6, 6.07) is 9.10. The molecule has 0 atom stereocenters. The third-order valence-corrected chi connectivity index (χ3v) is 4.28. The largest absolute Gasteiger partial charge is 0.310 e. The summed E-state index contributed by atoms with van der Waals surface area (Å²) >= 11 is 7.12. The minimum Gasteiger partial charge on any atom is -0.310 e. The first-order valence-corrected chi connectivity index (χ1v) is 8.49. The predicted octanol–water partition coefficient (Wildman–Crippen LogP) is 2.90. The summed E-state index contributed by atoms with van der Waals surface area (Å²) in [5, 5.41) is 15.1. The van der Waals surface area contributed by atoms with Crippen molar-refractivity contribution < 1.29 is 4.79 Å². The first kappa shape index (κ1) is 16.5. The van der Waals surface area contributed by atoms with Crippen molar-refractivity contribution in [2.24, 2.45) is 7.05 Å². The molecule has 0 radical (unpaired) electrons. The number of H-pyrrole nitrogens is 1. The van der Waals surface area contributed by atoms with Gasteiger partial charge in [0, 0.05) is 23.7 Å². The summed E-state index contributed by atoms with van der Waals surface area (Å²) in [5.41, 5.74) is 1.73. The Morgan fingerprint density at radius 2 is 2.12 bits per heavy atom. The number of nitrogens with one attached hydrogen (secondary N) is 2. The second-order valence-electron chi connectivity index (χ2n) is 5.10. The van der Waals surface area contributed by atoms with Crippen LogP contribution in [0.5, 0.6) is 0 Å². The molecule has 9 heteroatoms. The highest BCUT2D eigenvalue weighted by Gasteiger charge is 2.11. The molecule has 2 N–H and O–H groups in total. The minimum atomic E-state index is -0.138. The van der Waals surface area contributed by atoms with E-state index >= 15 is 0 Å². The Bertz CT molecular complexity index is 857. The number of thioether (sulfide) groups is 1. The number of amides is 1. The highest BCUT2D eigenvalue weighted by molar-refractivity contribution is 7.99. The van der Waals surface area contributed by atoms with Crippen LogP contribution < -0.4 is 5.32 Å². The molecule has 2 aromatic heterocycles. The summed E-state index contributed by atoms with van der Waals surface area (Å²) < 4.78 is 1.63. The second-order valence-corrected chi connectivity index (χ2v) is 6.48. The van der Waals surface area contributed by atoms with Gasteiger partial charge in [0.2, 0.25) is 11.1 Å². The average molecular weight is 363 g/mol. The normalized spacial score (nSPS) is 10.8. The van der Waals surface area contributed by atoms with Crippen LogP contribution in [0.2, 0.25) is 5.02 Å². The van der Waals surface area contributed by atoms with E-state index < -0.39 is 0 Å². The quantitative estimate of drug-likeness (QED) is 0.681. The molecule has 2 heterocycles. The maximum atomic E-state index is 12.0. The molecule has 3 rings (SSSR count). The molecule has 7 nitrogen and oxygen atoms in total. The van der Waals surface area contributed by atoms with Gasteiger partial charge in [-0.25, -0.2) is 4.98 Å². The molecule has 0 unspecified atom stereocenters. The average Bonchev–Trinajstić information content (AvgIpc) is 3.13. The lowest BCUT2D eigenvalue weighted by Gasteiger charge is -2.03. The summed E-state index contributed by atoms with van der Waals surface area (Å²) in [6.45, 7) is 1.87. The maximum Gasteiger partial charge on any atom is 0.235 e. The van der Waals surface area contributed by atoms with Crippen LogP contribution in [0.3, 0.4) is 0 Å². The molecule has 0 fully saturated rings. The Morgan fingerprint density at radius 3 is 2.79 bits per heavy atom. The number of nitrogens with zero attached hydrogens (tertiary/aromatic N) is 4. The van der Waals surface area contributed by atoms with Crippen LogP contribution in [0.15, 0.2) is 35.5 Å². The molecule has 0 bridgehead atoms. The molecular weight excluding hydrogens is 348 g/mol. The van der Waals surface area contributed by atoms with Crippen LogP contribution in [0.25, 0.3) is 11.4 Å². The number of benzene rings is 1. The van der Waals surface area contributed by atoms with E-state index in [9.17, 15) is 4.79 Å². The SMILES string of the molecule is Cc1cc(NC(=O)CSc2n[nH]c(-c3ccc(Cl)cc3)n2)n(C)n1. The van der Waals surface area contributed by atoms with Crippen LogP contribution in [-0.4, -0.2) is 36.6 Å². The Balaban J connectivity index is 1.58. The highest BCUT2D eigenvalue weighted by Crippen LogP contribution is 2.21. The van der Waals surface area contributed by atoms with E-state index in [2.05, 4.69) is 25.6 Å². The standard InChI is InChI=1S/C15H15ClN6OS/c1-9-7-12(22(2)21-9)17-13(23)8-24-15-18-14(19-20-15)10-3-5-11(16)6-4-10/h3-7H,8H2,1-2H3,(H,17,23)(H,18,19,20). The highest BCUT2D eigenvalue weighted by atomic mass is 35.5. The van der Waals surface area contributed by atoms with Crippen molar-refractivity contribution in [2.75, 3.05) is 11.1 Å². The number of aromatic amines is 1. The lowest BCUT2D eigenvalue weighted by molar-refractivity contribution is -0.113. The molecule has 3 aromatic rings. The van der Waals surface area contributed by atoms with E-state index in [-0.39, 0.29) is 11.7 Å². The fourth-order valence-electron chi connectivity index (χ4n) is 2.08. The maximum absolute atomic E-state index is 12.0. The van der Waals surface area contributed by atoms with Gasteiger partial charge >= 0.3 is 0 Å². The fraction of sp³-hybridized carbons (Fsp3) is 0.200. The van der Waals surface area contributed by atoms with Gasteiger partial charge in [0.05, 0.1) is 11.4 Å². The number of halogens is 1. The number of anilines is 1. The Morgan fingerprint density at radius 1 is 1.38 bits per heavy atom. The number of hydrogen-bond donors (Lipinski definition) is 2. The van der Waals surface area contributed by atoms with E-state index in [1.54, 1.807) is 23.9 Å². The Hall–Kier alpha value is -2.32. The third kappa shape index (κ3) is 3.95. The van der Waals surface area contributed by atoms with E-state index in [1.165, 1.54) is 11.8 Å². The molecule has 1 aromatic carbocycles. The second kappa shape index (κ2) is 7.06. The zero-order chi connectivity index (χ0) is 17.1. The molecule has 0 saturated carbocycles. The summed E-state index contributed by atoms with van der Waals surface area (Å²) in [7, 11) is 1.78. The van der Waals surface area contributed by atoms with Crippen LogP contribution >= 0.6 is 23.4 Å². The van der Waals surface area contributed by atoms with Gasteiger partial charge < -0.3 is 5.32 Å². The molecule has 24 heavy (non-hydrogen) atoms. The van der Waals surface area contributed by atoms with Gasteiger partial charge in [-0.15, -0.1) is 5.10 Å². The summed E-state index contributed by atoms with van der Waals surface area (Å²) in [5.74, 6) is 1.37. The zero-order valence-electron chi connectivity index (χ0n) is 13.1. The Kier molecular flexibility index (Phi) is 4.86. The molecular formula is C15H15ClN6OS. The molecule has 1 amide bonds. The summed E-state index contributed by atoms with van der Waals surface area (Å²) in [6.07, 6.45) is 0. The number of hydrogen-bond acceptors (Lipinski definition) is 5. The topological polar surface area (TPSA) is 88.5 Å². The molecule has 0 spiro atoms. The van der Waals surface area contributed by atoms with Gasteiger partial charge in [0.25, 0.3) is 0 Å². The molecule has 124 valence electrons. The van der Waals surface area contributed by atoms with Gasteiger partial charge in [0.1, 0.15) is 5.82 Å². The lowest BCUT2D eigenvalue weighted by atomic mass is 10.2.